The van der Waals surface area contributed by atoms with Crippen molar-refractivity contribution in [2.45, 2.75) is 225 Å². The van der Waals surface area contributed by atoms with E-state index in [1.54, 1.807) is 11.9 Å². The van der Waals surface area contributed by atoms with Crippen LogP contribution in [0, 0.1) is 0 Å². The van der Waals surface area contributed by atoms with Gasteiger partial charge in [0.2, 0.25) is 5.91 Å². The number of carboxylic acids is 4. The SMILES string of the molecule is CCCCCC/C=C/CCCCCCCC(=O)OCC(CN(C)CCCCCCCCCCN(C)C(=O)CN(CCN(CCN(CC(=O)O)CC(=O)O)CC(=O)O)CC(=O)O)OC(=O)CCCCCCC/C=C/CCCCCC. The van der Waals surface area contributed by atoms with Crippen molar-refractivity contribution >= 4 is 41.7 Å². The van der Waals surface area contributed by atoms with Gasteiger partial charge in [-0.15, -0.1) is 0 Å². The Morgan fingerprint density at radius 3 is 1.16 bits per heavy atom. The fraction of sp³-hybridized carbons (Fsp3) is 0.820. The second-order valence-electron chi connectivity index (χ2n) is 21.7. The molecule has 0 fully saturated rings. The second-order valence-corrected chi connectivity index (χ2v) is 21.7. The zero-order valence-electron chi connectivity index (χ0n) is 49.9. The van der Waals surface area contributed by atoms with Crippen LogP contribution in [0.2, 0.25) is 0 Å². The Kier molecular flexibility index (Phi) is 50.0. The van der Waals surface area contributed by atoms with E-state index < -0.39 is 56.2 Å². The van der Waals surface area contributed by atoms with E-state index in [0.29, 0.717) is 25.9 Å². The molecule has 0 heterocycles. The van der Waals surface area contributed by atoms with E-state index in [1.807, 2.05) is 7.05 Å². The summed E-state index contributed by atoms with van der Waals surface area (Å²) in [7, 11) is 3.69. The summed E-state index contributed by atoms with van der Waals surface area (Å²) in [5.74, 6) is -5.50. The summed E-state index contributed by atoms with van der Waals surface area (Å²) >= 11 is 0. The fourth-order valence-corrected chi connectivity index (χ4v) is 9.30. The van der Waals surface area contributed by atoms with Crippen LogP contribution in [0.4, 0.5) is 0 Å². The topological polar surface area (TPSA) is 235 Å². The molecule has 0 aliphatic rings. The molecule has 0 saturated carbocycles. The fourth-order valence-electron chi connectivity index (χ4n) is 9.30. The monoisotopic (exact) mass is 1120 g/mol. The van der Waals surface area contributed by atoms with Gasteiger partial charge in [0.05, 0.1) is 32.7 Å². The molecule has 0 bridgehead atoms. The number of carbonyl (C=O) groups is 7. The molecule has 0 aliphatic heterocycles. The Hall–Kier alpha value is -4.39. The first kappa shape index (κ1) is 74.6. The minimum Gasteiger partial charge on any atom is -0.480 e. The van der Waals surface area contributed by atoms with E-state index in [1.165, 1.54) is 86.8 Å². The lowest BCUT2D eigenvalue weighted by Crippen LogP contribution is -2.46. The molecule has 0 aliphatic carbocycles. The van der Waals surface area contributed by atoms with Crippen LogP contribution < -0.4 is 0 Å². The number of hydrogen-bond donors (Lipinski definition) is 4. The summed E-state index contributed by atoms with van der Waals surface area (Å²) < 4.78 is 11.6. The third-order valence-corrected chi connectivity index (χ3v) is 14.0. The van der Waals surface area contributed by atoms with Gasteiger partial charge >= 0.3 is 35.8 Å². The molecule has 0 rings (SSSR count). The van der Waals surface area contributed by atoms with Gasteiger partial charge in [-0.05, 0) is 90.6 Å². The number of amides is 1. The van der Waals surface area contributed by atoms with Gasteiger partial charge in [0, 0.05) is 59.2 Å². The van der Waals surface area contributed by atoms with Crippen LogP contribution in [-0.2, 0) is 43.0 Å². The number of likely N-dealkylation sites (N-methyl/N-ethyl adjacent to an activating group) is 2. The van der Waals surface area contributed by atoms with E-state index in [2.05, 4.69) is 43.1 Å². The van der Waals surface area contributed by atoms with Gasteiger partial charge in [-0.2, -0.15) is 0 Å². The first-order valence-corrected chi connectivity index (χ1v) is 30.7. The smallest absolute Gasteiger partial charge is 0.317 e. The van der Waals surface area contributed by atoms with Crippen molar-refractivity contribution in [3.05, 3.63) is 24.3 Å². The highest BCUT2D eigenvalue weighted by Gasteiger charge is 2.22. The third kappa shape index (κ3) is 51.5. The molecule has 458 valence electrons. The lowest BCUT2D eigenvalue weighted by atomic mass is 10.1. The summed E-state index contributed by atoms with van der Waals surface area (Å²) in [6.07, 6.45) is 42.9. The van der Waals surface area contributed by atoms with Crippen LogP contribution in [0.3, 0.4) is 0 Å². The predicted octanol–water partition coefficient (Wildman–Crippen LogP) is 10.7. The number of hydrogen-bond acceptors (Lipinski definition) is 13. The number of carbonyl (C=O) groups excluding carboxylic acids is 3. The van der Waals surface area contributed by atoms with Crippen LogP contribution in [0.5, 0.6) is 0 Å². The molecular formula is C61H111N5O13. The van der Waals surface area contributed by atoms with Crippen molar-refractivity contribution < 1.29 is 63.5 Å². The summed E-state index contributed by atoms with van der Waals surface area (Å²) in [5, 5.41) is 37.2. The van der Waals surface area contributed by atoms with Crippen LogP contribution in [0.15, 0.2) is 24.3 Å². The highest BCUT2D eigenvalue weighted by molar-refractivity contribution is 5.79. The van der Waals surface area contributed by atoms with Crippen LogP contribution in [-0.4, -0.2) is 192 Å². The minimum absolute atomic E-state index is 0.0254. The normalized spacial score (nSPS) is 12.2. The summed E-state index contributed by atoms with van der Waals surface area (Å²) in [5.41, 5.74) is 0. The van der Waals surface area contributed by atoms with Crippen molar-refractivity contribution in [3.8, 4) is 0 Å². The van der Waals surface area contributed by atoms with Crippen molar-refractivity contribution in [2.75, 3.05) is 99.2 Å². The molecular weight excluding hydrogens is 1010 g/mol. The number of unbranched alkanes of at least 4 members (excludes halogenated alkanes) is 25. The first-order chi connectivity index (χ1) is 38.1. The summed E-state index contributed by atoms with van der Waals surface area (Å²) in [4.78, 5) is 92.2. The number of nitrogens with zero attached hydrogens (tertiary/aromatic N) is 5. The zero-order valence-corrected chi connectivity index (χ0v) is 49.9. The van der Waals surface area contributed by atoms with Crippen molar-refractivity contribution in [1.29, 1.82) is 0 Å². The molecule has 0 aromatic heterocycles. The van der Waals surface area contributed by atoms with Gasteiger partial charge in [0.25, 0.3) is 0 Å². The average Bonchev–Trinajstić information content (AvgIpc) is 3.38. The Labute approximate surface area is 477 Å². The maximum Gasteiger partial charge on any atom is 0.317 e. The second kappa shape index (κ2) is 53.0. The van der Waals surface area contributed by atoms with Gasteiger partial charge in [-0.1, -0.05) is 154 Å². The van der Waals surface area contributed by atoms with E-state index in [9.17, 15) is 43.8 Å². The molecule has 0 radical (unpaired) electrons. The number of rotatable bonds is 58. The van der Waals surface area contributed by atoms with Gasteiger partial charge in [0.15, 0.2) is 0 Å². The maximum absolute atomic E-state index is 13.1. The number of aliphatic carboxylic acids is 4. The lowest BCUT2D eigenvalue weighted by molar-refractivity contribution is -0.160. The van der Waals surface area contributed by atoms with Crippen LogP contribution in [0.1, 0.15) is 219 Å². The Balaban J connectivity index is 4.79. The molecule has 0 aromatic carbocycles. The molecule has 0 aromatic rings. The Morgan fingerprint density at radius 2 is 0.734 bits per heavy atom. The van der Waals surface area contributed by atoms with Gasteiger partial charge < -0.3 is 39.7 Å². The molecule has 18 nitrogen and oxygen atoms in total. The average molecular weight is 1120 g/mol. The van der Waals surface area contributed by atoms with Gasteiger partial charge in [-0.25, -0.2) is 0 Å². The van der Waals surface area contributed by atoms with Gasteiger partial charge in [-0.3, -0.25) is 48.3 Å². The van der Waals surface area contributed by atoms with Crippen LogP contribution in [0.25, 0.3) is 0 Å². The van der Waals surface area contributed by atoms with E-state index in [4.69, 9.17) is 19.7 Å². The van der Waals surface area contributed by atoms with Crippen LogP contribution >= 0.6 is 0 Å². The largest absolute Gasteiger partial charge is 0.480 e. The van der Waals surface area contributed by atoms with Crippen molar-refractivity contribution in [1.82, 2.24) is 24.5 Å². The predicted molar refractivity (Wildman–Crippen MR) is 313 cm³/mol. The van der Waals surface area contributed by atoms with E-state index in [0.717, 1.165) is 127 Å². The number of allylic oxidation sites excluding steroid dienone is 4. The lowest BCUT2D eigenvalue weighted by Gasteiger charge is -2.28. The molecule has 4 N–H and O–H groups in total. The summed E-state index contributed by atoms with van der Waals surface area (Å²) in [6.45, 7) is 4.34. The number of ether oxygens (including phenoxy) is 2. The Bertz CT molecular complexity index is 1630. The highest BCUT2D eigenvalue weighted by atomic mass is 16.6. The standard InChI is InChI=1S/C61H111N5O13/c1-5-7-9-11-13-15-17-19-21-23-27-31-35-39-60(76)78-53-54(79-61(77)40-36-32-28-24-22-20-18-16-14-12-10-8-6-2)47-62(3)41-37-33-29-25-26-30-34-38-42-63(4)55(67)48-65(50-57(70)71)45-43-64(49-56(68)69)44-46-66(51-58(72)73)52-59(74)75/h15-18,54H,5-14,19-53H2,1-4H3,(H,68,69)(H,70,71)(H,72,73)(H,74,75)/b17-15+,18-16+. The molecule has 0 spiro atoms. The maximum atomic E-state index is 13.1. The van der Waals surface area contributed by atoms with Gasteiger partial charge in [0.1, 0.15) is 12.7 Å². The number of carboxylic acid groups (broad SMARTS) is 4. The minimum atomic E-state index is -1.23. The summed E-state index contributed by atoms with van der Waals surface area (Å²) in [6, 6.07) is 0. The van der Waals surface area contributed by atoms with Crippen molar-refractivity contribution in [2.24, 2.45) is 0 Å². The molecule has 18 heteroatoms. The quantitative estimate of drug-likeness (QED) is 0.0252. The van der Waals surface area contributed by atoms with E-state index in [-0.39, 0.29) is 57.2 Å². The molecule has 79 heavy (non-hydrogen) atoms. The zero-order chi connectivity index (χ0) is 58.6. The molecule has 0 saturated heterocycles. The molecule has 1 unspecified atom stereocenters. The third-order valence-electron chi connectivity index (χ3n) is 14.0. The number of esters is 2. The van der Waals surface area contributed by atoms with Crippen molar-refractivity contribution in [3.63, 3.8) is 0 Å². The molecule has 1 amide bonds. The first-order valence-electron chi connectivity index (χ1n) is 30.7. The molecule has 1 atom stereocenters. The Morgan fingerprint density at radius 1 is 0.392 bits per heavy atom. The highest BCUT2D eigenvalue weighted by Crippen LogP contribution is 2.14. The van der Waals surface area contributed by atoms with E-state index >= 15 is 0 Å².